The van der Waals surface area contributed by atoms with Gasteiger partial charge in [-0.05, 0) is 76.8 Å². The van der Waals surface area contributed by atoms with Crippen molar-refractivity contribution in [1.29, 1.82) is 0 Å². The van der Waals surface area contributed by atoms with Gasteiger partial charge in [-0.3, -0.25) is 0 Å². The van der Waals surface area contributed by atoms with Gasteiger partial charge >= 0.3 is 0 Å². The van der Waals surface area contributed by atoms with Crippen LogP contribution < -0.4 is 14.8 Å². The molecule has 0 aliphatic rings. The summed E-state index contributed by atoms with van der Waals surface area (Å²) >= 11 is 9.45. The molecule has 3 nitrogen and oxygen atoms in total. The number of rotatable bonds is 8. The van der Waals surface area contributed by atoms with Crippen molar-refractivity contribution in [2.24, 2.45) is 0 Å². The first-order chi connectivity index (χ1) is 14.0. The van der Waals surface area contributed by atoms with E-state index in [9.17, 15) is 4.39 Å². The maximum atomic E-state index is 13.3. The average molecular weight is 479 g/mol. The van der Waals surface area contributed by atoms with Gasteiger partial charge in [-0.1, -0.05) is 35.9 Å². The quantitative estimate of drug-likeness (QED) is 0.373. The lowest BCUT2D eigenvalue weighted by atomic mass is 10.1. The standard InChI is InChI=1S/C23H22BrClFNO2/c1-3-28-22-11-16(13-27-18-8-9-21(26)20(25)12-18)10-19(24)23(22)29-14-17-7-5-4-6-15(17)2/h4-12,27H,3,13-14H2,1-2H3. The van der Waals surface area contributed by atoms with Crippen LogP contribution in [0.1, 0.15) is 23.6 Å². The van der Waals surface area contributed by atoms with Crippen LogP contribution in [0.3, 0.4) is 0 Å². The van der Waals surface area contributed by atoms with Gasteiger partial charge in [0.25, 0.3) is 0 Å². The monoisotopic (exact) mass is 477 g/mol. The Morgan fingerprint density at radius 1 is 1.07 bits per heavy atom. The maximum absolute atomic E-state index is 13.3. The topological polar surface area (TPSA) is 30.5 Å². The molecular formula is C23H22BrClFNO2. The molecule has 152 valence electrons. The summed E-state index contributed by atoms with van der Waals surface area (Å²) in [6.07, 6.45) is 0. The lowest BCUT2D eigenvalue weighted by Gasteiger charge is -2.17. The van der Waals surface area contributed by atoms with Gasteiger partial charge in [-0.2, -0.15) is 0 Å². The summed E-state index contributed by atoms with van der Waals surface area (Å²) in [5.74, 6) is 0.904. The fourth-order valence-corrected chi connectivity index (χ4v) is 3.64. The highest BCUT2D eigenvalue weighted by Gasteiger charge is 2.13. The van der Waals surface area contributed by atoms with E-state index in [1.54, 1.807) is 12.1 Å². The lowest BCUT2D eigenvalue weighted by Crippen LogP contribution is -2.04. The van der Waals surface area contributed by atoms with Gasteiger partial charge in [0.2, 0.25) is 0 Å². The molecular weight excluding hydrogens is 457 g/mol. The fraction of sp³-hybridized carbons (Fsp3) is 0.217. The number of nitrogens with one attached hydrogen (secondary N) is 1. The van der Waals surface area contributed by atoms with Crippen LogP contribution in [0, 0.1) is 12.7 Å². The molecule has 0 aliphatic heterocycles. The second-order valence-corrected chi connectivity index (χ2v) is 7.80. The van der Waals surface area contributed by atoms with Crippen molar-refractivity contribution in [1.82, 2.24) is 0 Å². The molecule has 3 rings (SSSR count). The molecule has 0 amide bonds. The van der Waals surface area contributed by atoms with Gasteiger partial charge in [0, 0.05) is 12.2 Å². The highest BCUT2D eigenvalue weighted by molar-refractivity contribution is 9.10. The third kappa shape index (κ3) is 5.64. The van der Waals surface area contributed by atoms with Crippen LogP contribution in [-0.4, -0.2) is 6.61 Å². The Balaban J connectivity index is 1.76. The molecule has 0 aromatic heterocycles. The molecule has 0 radical (unpaired) electrons. The molecule has 3 aromatic rings. The molecule has 0 bridgehead atoms. The van der Waals surface area contributed by atoms with Crippen molar-refractivity contribution in [3.63, 3.8) is 0 Å². The third-order valence-electron chi connectivity index (χ3n) is 4.42. The molecule has 0 heterocycles. The Kier molecular flexibility index (Phi) is 7.40. The molecule has 6 heteroatoms. The van der Waals surface area contributed by atoms with E-state index >= 15 is 0 Å². The first-order valence-electron chi connectivity index (χ1n) is 9.29. The van der Waals surface area contributed by atoms with E-state index in [1.807, 2.05) is 31.2 Å². The predicted molar refractivity (Wildman–Crippen MR) is 120 cm³/mol. The van der Waals surface area contributed by atoms with E-state index in [4.69, 9.17) is 21.1 Å². The molecule has 0 atom stereocenters. The van der Waals surface area contributed by atoms with Crippen LogP contribution in [0.2, 0.25) is 5.02 Å². The highest BCUT2D eigenvalue weighted by atomic mass is 79.9. The second-order valence-electron chi connectivity index (χ2n) is 6.54. The molecule has 0 saturated carbocycles. The molecule has 0 spiro atoms. The van der Waals surface area contributed by atoms with E-state index in [2.05, 4.69) is 40.3 Å². The van der Waals surface area contributed by atoms with Crippen LogP contribution in [0.25, 0.3) is 0 Å². The lowest BCUT2D eigenvalue weighted by molar-refractivity contribution is 0.267. The van der Waals surface area contributed by atoms with Crippen molar-refractivity contribution >= 4 is 33.2 Å². The Labute approximate surface area is 183 Å². The van der Waals surface area contributed by atoms with Gasteiger partial charge in [0.05, 0.1) is 16.1 Å². The largest absolute Gasteiger partial charge is 0.490 e. The Morgan fingerprint density at radius 2 is 1.86 bits per heavy atom. The predicted octanol–water partition coefficient (Wildman–Crippen LogP) is 7.14. The smallest absolute Gasteiger partial charge is 0.175 e. The minimum Gasteiger partial charge on any atom is -0.490 e. The van der Waals surface area contributed by atoms with Gasteiger partial charge in [0.15, 0.2) is 11.5 Å². The molecule has 3 aromatic carbocycles. The molecule has 1 N–H and O–H groups in total. The zero-order valence-corrected chi connectivity index (χ0v) is 18.6. The highest BCUT2D eigenvalue weighted by Crippen LogP contribution is 2.38. The minimum atomic E-state index is -0.436. The van der Waals surface area contributed by atoms with Crippen LogP contribution in [0.15, 0.2) is 59.1 Å². The Morgan fingerprint density at radius 3 is 2.59 bits per heavy atom. The molecule has 29 heavy (non-hydrogen) atoms. The van der Waals surface area contributed by atoms with Crippen molar-refractivity contribution in [3.05, 3.63) is 86.6 Å². The number of aryl methyl sites for hydroxylation is 1. The molecule has 0 fully saturated rings. The van der Waals surface area contributed by atoms with Crippen LogP contribution in [0.4, 0.5) is 10.1 Å². The summed E-state index contributed by atoms with van der Waals surface area (Å²) in [7, 11) is 0. The number of halogens is 3. The van der Waals surface area contributed by atoms with Crippen molar-refractivity contribution in [2.75, 3.05) is 11.9 Å². The van der Waals surface area contributed by atoms with E-state index in [-0.39, 0.29) is 5.02 Å². The zero-order chi connectivity index (χ0) is 20.8. The average Bonchev–Trinajstić information content (AvgIpc) is 2.70. The molecule has 0 unspecified atom stereocenters. The van der Waals surface area contributed by atoms with Crippen LogP contribution in [0.5, 0.6) is 11.5 Å². The summed E-state index contributed by atoms with van der Waals surface area (Å²) in [6.45, 7) is 5.51. The van der Waals surface area contributed by atoms with Gasteiger partial charge in [0.1, 0.15) is 12.4 Å². The van der Waals surface area contributed by atoms with Crippen molar-refractivity contribution in [2.45, 2.75) is 27.0 Å². The molecule has 0 saturated heterocycles. The number of ether oxygens (including phenoxy) is 2. The summed E-state index contributed by atoms with van der Waals surface area (Å²) in [6, 6.07) is 16.6. The first-order valence-corrected chi connectivity index (χ1v) is 10.5. The Hall–Kier alpha value is -2.24. The van der Waals surface area contributed by atoms with Crippen LogP contribution >= 0.6 is 27.5 Å². The molecule has 0 aliphatic carbocycles. The van der Waals surface area contributed by atoms with E-state index in [0.29, 0.717) is 31.3 Å². The Bertz CT molecular complexity index is 997. The summed E-state index contributed by atoms with van der Waals surface area (Å²) < 4.78 is 26.0. The number of hydrogen-bond donors (Lipinski definition) is 1. The number of anilines is 1. The van der Waals surface area contributed by atoms with Crippen LogP contribution in [-0.2, 0) is 13.2 Å². The van der Waals surface area contributed by atoms with Gasteiger partial charge < -0.3 is 14.8 Å². The summed E-state index contributed by atoms with van der Waals surface area (Å²) in [5, 5.41) is 3.33. The maximum Gasteiger partial charge on any atom is 0.175 e. The number of hydrogen-bond acceptors (Lipinski definition) is 3. The van der Waals surface area contributed by atoms with Crippen molar-refractivity contribution < 1.29 is 13.9 Å². The second kappa shape index (κ2) is 9.99. The number of benzene rings is 3. The van der Waals surface area contributed by atoms with Gasteiger partial charge in [-0.15, -0.1) is 0 Å². The zero-order valence-electron chi connectivity index (χ0n) is 16.3. The SMILES string of the molecule is CCOc1cc(CNc2ccc(F)c(Cl)c2)cc(Br)c1OCc1ccccc1C. The van der Waals surface area contributed by atoms with Crippen molar-refractivity contribution in [3.8, 4) is 11.5 Å². The third-order valence-corrected chi connectivity index (χ3v) is 5.30. The fourth-order valence-electron chi connectivity index (χ4n) is 2.86. The van der Waals surface area contributed by atoms with E-state index in [0.717, 1.165) is 21.3 Å². The normalized spacial score (nSPS) is 10.7. The van der Waals surface area contributed by atoms with Gasteiger partial charge in [-0.25, -0.2) is 4.39 Å². The van der Waals surface area contributed by atoms with E-state index in [1.165, 1.54) is 11.6 Å². The first kappa shape index (κ1) is 21.5. The summed E-state index contributed by atoms with van der Waals surface area (Å²) in [4.78, 5) is 0. The van der Waals surface area contributed by atoms with E-state index < -0.39 is 5.82 Å². The minimum absolute atomic E-state index is 0.0890. The summed E-state index contributed by atoms with van der Waals surface area (Å²) in [5.41, 5.74) is 4.04.